The van der Waals surface area contributed by atoms with Crippen molar-refractivity contribution in [3.05, 3.63) is 81.7 Å². The van der Waals surface area contributed by atoms with Gasteiger partial charge in [0.2, 0.25) is 11.8 Å². The molecule has 150 valence electrons. The zero-order valence-electron chi connectivity index (χ0n) is 15.3. The van der Waals surface area contributed by atoms with Gasteiger partial charge in [-0.3, -0.25) is 10.1 Å². The summed E-state index contributed by atoms with van der Waals surface area (Å²) in [6, 6.07) is 13.8. The topological polar surface area (TPSA) is 80.9 Å². The fraction of sp³-hybridized carbons (Fsp3) is 0.0476. The molecule has 9 heteroatoms. The Balaban J connectivity index is 1.72. The summed E-state index contributed by atoms with van der Waals surface area (Å²) in [7, 11) is 0. The maximum absolute atomic E-state index is 12.6. The summed E-state index contributed by atoms with van der Waals surface area (Å²) in [6.45, 7) is 0. The van der Waals surface area contributed by atoms with Crippen molar-refractivity contribution in [2.75, 3.05) is 5.32 Å². The van der Waals surface area contributed by atoms with Crippen LogP contribution in [0.5, 0.6) is 0 Å². The number of halogens is 3. The molecule has 0 radical (unpaired) electrons. The molecule has 0 bridgehead atoms. The zero-order valence-corrected chi connectivity index (χ0v) is 17.5. The number of hydrogen-bond donors (Lipinski definition) is 1. The van der Waals surface area contributed by atoms with Gasteiger partial charge in [-0.2, -0.15) is 0 Å². The second kappa shape index (κ2) is 8.83. The van der Waals surface area contributed by atoms with Gasteiger partial charge in [0.05, 0.1) is 17.7 Å². The second-order valence-electron chi connectivity index (χ2n) is 6.30. The number of benzene rings is 2. The highest BCUT2D eigenvalue weighted by Gasteiger charge is 2.23. The van der Waals surface area contributed by atoms with Crippen LogP contribution < -0.4 is 5.32 Å². The van der Waals surface area contributed by atoms with Crippen LogP contribution >= 0.6 is 34.8 Å². The Hall–Kier alpha value is -2.93. The number of aromatic nitrogens is 3. The van der Waals surface area contributed by atoms with E-state index in [-0.39, 0.29) is 18.2 Å². The molecule has 0 fully saturated rings. The average molecular weight is 460 g/mol. The Labute approximate surface area is 186 Å². The van der Waals surface area contributed by atoms with Crippen molar-refractivity contribution in [3.8, 4) is 22.5 Å². The third-order valence-corrected chi connectivity index (χ3v) is 5.03. The first-order valence-corrected chi connectivity index (χ1v) is 9.90. The van der Waals surface area contributed by atoms with E-state index in [1.54, 1.807) is 48.7 Å². The summed E-state index contributed by atoms with van der Waals surface area (Å²) in [6.07, 6.45) is 3.05. The summed E-state index contributed by atoms with van der Waals surface area (Å²) in [5.41, 5.74) is 2.76. The first kappa shape index (κ1) is 20.3. The fourth-order valence-electron chi connectivity index (χ4n) is 2.92. The largest absolute Gasteiger partial charge is 0.337 e. The van der Waals surface area contributed by atoms with Crippen molar-refractivity contribution in [2.24, 2.45) is 0 Å². The lowest BCUT2D eigenvalue weighted by Crippen LogP contribution is -2.14. The molecule has 6 nitrogen and oxygen atoms in total. The molecule has 4 aromatic rings. The Bertz CT molecular complexity index is 1190. The standard InChI is InChI=1S/C21H13Cl3N4O2/c22-14-7-13(8-15(23)10-14)20-19(17-5-6-25-11-26-17)21(30-28-20)27-18(29)9-12-3-1-2-4-16(12)24/h1-8,10-11H,9H2,(H,27,29). The van der Waals surface area contributed by atoms with Gasteiger partial charge in [0.25, 0.3) is 0 Å². The summed E-state index contributed by atoms with van der Waals surface area (Å²) in [4.78, 5) is 20.8. The smallest absolute Gasteiger partial charge is 0.241 e. The van der Waals surface area contributed by atoms with Crippen molar-refractivity contribution in [3.63, 3.8) is 0 Å². The molecule has 0 atom stereocenters. The third kappa shape index (κ3) is 4.46. The predicted octanol–water partition coefficient (Wildman–Crippen LogP) is 5.94. The van der Waals surface area contributed by atoms with Gasteiger partial charge in [-0.15, -0.1) is 0 Å². The molecule has 1 N–H and O–H groups in total. The normalized spacial score (nSPS) is 10.8. The number of carbonyl (C=O) groups is 1. The molecule has 30 heavy (non-hydrogen) atoms. The van der Waals surface area contributed by atoms with Crippen LogP contribution in [-0.4, -0.2) is 21.0 Å². The van der Waals surface area contributed by atoms with Crippen LogP contribution in [0.4, 0.5) is 5.88 Å². The van der Waals surface area contributed by atoms with Crippen LogP contribution in [0.25, 0.3) is 22.5 Å². The minimum absolute atomic E-state index is 0.0713. The summed E-state index contributed by atoms with van der Waals surface area (Å²) < 4.78 is 5.46. The van der Waals surface area contributed by atoms with Crippen molar-refractivity contribution in [2.45, 2.75) is 6.42 Å². The quantitative estimate of drug-likeness (QED) is 0.399. The van der Waals surface area contributed by atoms with E-state index in [2.05, 4.69) is 20.4 Å². The van der Waals surface area contributed by atoms with Crippen LogP contribution in [0, 0.1) is 0 Å². The molecule has 2 aromatic carbocycles. The average Bonchev–Trinajstić information content (AvgIpc) is 3.13. The molecule has 0 saturated heterocycles. The molecular weight excluding hydrogens is 447 g/mol. The SMILES string of the molecule is O=C(Cc1ccccc1Cl)Nc1onc(-c2cc(Cl)cc(Cl)c2)c1-c1ccncn1. The number of amides is 1. The molecule has 0 aliphatic heterocycles. The number of nitrogens with zero attached hydrogens (tertiary/aromatic N) is 3. The summed E-state index contributed by atoms with van der Waals surface area (Å²) in [5, 5.41) is 8.28. The van der Waals surface area contributed by atoms with Crippen molar-refractivity contribution in [1.29, 1.82) is 0 Å². The second-order valence-corrected chi connectivity index (χ2v) is 7.58. The monoisotopic (exact) mass is 458 g/mol. The van der Waals surface area contributed by atoms with Crippen LogP contribution in [-0.2, 0) is 11.2 Å². The molecule has 0 aliphatic carbocycles. The highest BCUT2D eigenvalue weighted by Crippen LogP contribution is 2.38. The van der Waals surface area contributed by atoms with Crippen molar-refractivity contribution in [1.82, 2.24) is 15.1 Å². The molecular formula is C21H13Cl3N4O2. The molecule has 2 aromatic heterocycles. The van der Waals surface area contributed by atoms with Crippen LogP contribution in [0.1, 0.15) is 5.56 Å². The van der Waals surface area contributed by atoms with Gasteiger partial charge < -0.3 is 4.52 Å². The maximum atomic E-state index is 12.6. The number of hydrogen-bond acceptors (Lipinski definition) is 5. The Kier molecular flexibility index (Phi) is 5.99. The minimum Gasteiger partial charge on any atom is -0.337 e. The van der Waals surface area contributed by atoms with Gasteiger partial charge in [-0.25, -0.2) is 9.97 Å². The number of rotatable bonds is 5. The van der Waals surface area contributed by atoms with Crippen molar-refractivity contribution >= 4 is 46.6 Å². The van der Waals surface area contributed by atoms with Gasteiger partial charge in [0, 0.05) is 26.8 Å². The lowest BCUT2D eigenvalue weighted by Gasteiger charge is -2.07. The minimum atomic E-state index is -0.315. The van der Waals surface area contributed by atoms with Gasteiger partial charge in [-0.1, -0.05) is 58.2 Å². The molecule has 0 spiro atoms. The van der Waals surface area contributed by atoms with Crippen LogP contribution in [0.3, 0.4) is 0 Å². The van der Waals surface area contributed by atoms with E-state index in [4.69, 9.17) is 39.3 Å². The van der Waals surface area contributed by atoms with E-state index in [1.165, 1.54) is 6.33 Å². The highest BCUT2D eigenvalue weighted by molar-refractivity contribution is 6.35. The third-order valence-electron chi connectivity index (χ3n) is 4.23. The van der Waals surface area contributed by atoms with E-state index in [1.807, 2.05) is 6.07 Å². The highest BCUT2D eigenvalue weighted by atomic mass is 35.5. The maximum Gasteiger partial charge on any atom is 0.241 e. The first-order valence-electron chi connectivity index (χ1n) is 8.77. The molecule has 0 saturated carbocycles. The van der Waals surface area contributed by atoms with Gasteiger partial charge >= 0.3 is 0 Å². The number of carbonyl (C=O) groups excluding carboxylic acids is 1. The molecule has 1 amide bonds. The molecule has 2 heterocycles. The Morgan fingerprint density at radius 2 is 1.80 bits per heavy atom. The number of nitrogens with one attached hydrogen (secondary N) is 1. The molecule has 0 aliphatic rings. The molecule has 0 unspecified atom stereocenters. The lowest BCUT2D eigenvalue weighted by atomic mass is 10.0. The first-order chi connectivity index (χ1) is 14.5. The Morgan fingerprint density at radius 1 is 1.03 bits per heavy atom. The van der Waals surface area contributed by atoms with E-state index in [0.717, 1.165) is 0 Å². The molecule has 4 rings (SSSR count). The van der Waals surface area contributed by atoms with Crippen molar-refractivity contribution < 1.29 is 9.32 Å². The number of anilines is 1. The predicted molar refractivity (Wildman–Crippen MR) is 117 cm³/mol. The zero-order chi connectivity index (χ0) is 21.1. The van der Waals surface area contributed by atoms with Gasteiger partial charge in [0.1, 0.15) is 12.0 Å². The van der Waals surface area contributed by atoms with E-state index < -0.39 is 0 Å². The van der Waals surface area contributed by atoms with E-state index in [0.29, 0.717) is 43.1 Å². The van der Waals surface area contributed by atoms with Crippen LogP contribution in [0.15, 0.2) is 65.6 Å². The lowest BCUT2D eigenvalue weighted by molar-refractivity contribution is -0.115. The van der Waals surface area contributed by atoms with E-state index in [9.17, 15) is 4.79 Å². The summed E-state index contributed by atoms with van der Waals surface area (Å²) >= 11 is 18.4. The van der Waals surface area contributed by atoms with Crippen LogP contribution in [0.2, 0.25) is 15.1 Å². The fourth-order valence-corrected chi connectivity index (χ4v) is 3.65. The van der Waals surface area contributed by atoms with E-state index >= 15 is 0 Å². The van der Waals surface area contributed by atoms with Gasteiger partial charge in [-0.05, 0) is 35.9 Å². The summed E-state index contributed by atoms with van der Waals surface area (Å²) in [5.74, 6) is -0.165. The van der Waals surface area contributed by atoms with Gasteiger partial charge in [0.15, 0.2) is 0 Å². The Morgan fingerprint density at radius 3 is 2.50 bits per heavy atom.